The zero-order valence-electron chi connectivity index (χ0n) is 12.6. The molecular weight excluding hydrogens is 294 g/mol. The van der Waals surface area contributed by atoms with Crippen molar-refractivity contribution in [1.82, 2.24) is 4.90 Å². The molecule has 1 atom stereocenters. The SMILES string of the molecule is O=C(c1cccs1)N1CCCCC1CCc1ccc(O)cc1. The van der Waals surface area contributed by atoms with Gasteiger partial charge in [-0.05, 0) is 61.2 Å². The standard InChI is InChI=1S/C18H21NO2S/c20-16-10-7-14(8-11-16)6-9-15-4-1-2-12-19(15)18(21)17-5-3-13-22-17/h3,5,7-8,10-11,13,15,20H,1-2,4,6,9,12H2. The van der Waals surface area contributed by atoms with Gasteiger partial charge in [-0.3, -0.25) is 4.79 Å². The number of hydrogen-bond acceptors (Lipinski definition) is 3. The van der Waals surface area contributed by atoms with Crippen LogP contribution in [0, 0.1) is 0 Å². The van der Waals surface area contributed by atoms with Gasteiger partial charge in [-0.2, -0.15) is 0 Å². The first-order valence-electron chi connectivity index (χ1n) is 7.86. The summed E-state index contributed by atoms with van der Waals surface area (Å²) in [6, 6.07) is 11.6. The Morgan fingerprint density at radius 2 is 2.05 bits per heavy atom. The summed E-state index contributed by atoms with van der Waals surface area (Å²) in [7, 11) is 0. The van der Waals surface area contributed by atoms with E-state index in [9.17, 15) is 9.90 Å². The van der Waals surface area contributed by atoms with Gasteiger partial charge in [0.05, 0.1) is 4.88 Å². The number of carbonyl (C=O) groups excluding carboxylic acids is 1. The highest BCUT2D eigenvalue weighted by atomic mass is 32.1. The van der Waals surface area contributed by atoms with E-state index in [-0.39, 0.29) is 5.91 Å². The van der Waals surface area contributed by atoms with E-state index in [1.165, 1.54) is 23.3 Å². The van der Waals surface area contributed by atoms with E-state index in [4.69, 9.17) is 0 Å². The van der Waals surface area contributed by atoms with Crippen molar-refractivity contribution in [2.45, 2.75) is 38.1 Å². The molecule has 3 rings (SSSR count). The normalized spacial score (nSPS) is 18.4. The van der Waals surface area contributed by atoms with Crippen molar-refractivity contribution < 1.29 is 9.90 Å². The Labute approximate surface area is 135 Å². The summed E-state index contributed by atoms with van der Waals surface area (Å²) >= 11 is 1.52. The first-order chi connectivity index (χ1) is 10.7. The number of amides is 1. The topological polar surface area (TPSA) is 40.5 Å². The van der Waals surface area contributed by atoms with Gasteiger partial charge in [0, 0.05) is 12.6 Å². The molecule has 1 aliphatic heterocycles. The molecule has 1 N–H and O–H groups in total. The Morgan fingerprint density at radius 1 is 1.23 bits per heavy atom. The molecule has 0 bridgehead atoms. The van der Waals surface area contributed by atoms with Crippen LogP contribution in [0.15, 0.2) is 41.8 Å². The minimum absolute atomic E-state index is 0.186. The summed E-state index contributed by atoms with van der Waals surface area (Å²) in [6.45, 7) is 0.872. The molecule has 1 aromatic heterocycles. The van der Waals surface area contributed by atoms with E-state index in [1.54, 1.807) is 12.1 Å². The quantitative estimate of drug-likeness (QED) is 0.923. The number of aryl methyl sites for hydroxylation is 1. The van der Waals surface area contributed by atoms with Crippen LogP contribution in [0.25, 0.3) is 0 Å². The molecule has 2 heterocycles. The number of hydrogen-bond donors (Lipinski definition) is 1. The van der Waals surface area contributed by atoms with Gasteiger partial charge in [-0.1, -0.05) is 18.2 Å². The van der Waals surface area contributed by atoms with Crippen LogP contribution in [0.1, 0.15) is 40.9 Å². The molecule has 0 aliphatic carbocycles. The minimum atomic E-state index is 0.186. The average Bonchev–Trinajstić information content (AvgIpc) is 3.08. The fraction of sp³-hybridized carbons (Fsp3) is 0.389. The molecule has 4 heteroatoms. The van der Waals surface area contributed by atoms with Crippen molar-refractivity contribution in [3.05, 3.63) is 52.2 Å². The van der Waals surface area contributed by atoms with Crippen molar-refractivity contribution in [1.29, 1.82) is 0 Å². The number of piperidine rings is 1. The Bertz CT molecular complexity index is 607. The Balaban J connectivity index is 1.65. The van der Waals surface area contributed by atoms with Gasteiger partial charge < -0.3 is 10.0 Å². The first-order valence-corrected chi connectivity index (χ1v) is 8.74. The van der Waals surface area contributed by atoms with Crippen LogP contribution >= 0.6 is 11.3 Å². The van der Waals surface area contributed by atoms with Gasteiger partial charge in [-0.15, -0.1) is 11.3 Å². The zero-order chi connectivity index (χ0) is 15.4. The van der Waals surface area contributed by atoms with Crippen molar-refractivity contribution in [2.75, 3.05) is 6.54 Å². The van der Waals surface area contributed by atoms with Gasteiger partial charge >= 0.3 is 0 Å². The monoisotopic (exact) mass is 315 g/mol. The molecule has 1 aromatic carbocycles. The summed E-state index contributed by atoms with van der Waals surface area (Å²) in [4.78, 5) is 15.5. The van der Waals surface area contributed by atoms with Crippen LogP contribution < -0.4 is 0 Å². The largest absolute Gasteiger partial charge is 0.508 e. The number of phenolic OH excluding ortho intramolecular Hbond substituents is 1. The molecule has 1 unspecified atom stereocenters. The molecule has 3 nitrogen and oxygen atoms in total. The predicted octanol–water partition coefficient (Wildman–Crippen LogP) is 4.08. The predicted molar refractivity (Wildman–Crippen MR) is 89.4 cm³/mol. The van der Waals surface area contributed by atoms with E-state index in [0.29, 0.717) is 11.8 Å². The third kappa shape index (κ3) is 3.50. The highest BCUT2D eigenvalue weighted by Crippen LogP contribution is 2.25. The van der Waals surface area contributed by atoms with Crippen LogP contribution in [0.3, 0.4) is 0 Å². The molecule has 22 heavy (non-hydrogen) atoms. The molecule has 1 saturated heterocycles. The molecule has 0 radical (unpaired) electrons. The third-order valence-corrected chi connectivity index (χ3v) is 5.18. The molecule has 0 spiro atoms. The average molecular weight is 315 g/mol. The Hall–Kier alpha value is -1.81. The second-order valence-electron chi connectivity index (χ2n) is 5.83. The van der Waals surface area contributed by atoms with Gasteiger partial charge in [-0.25, -0.2) is 0 Å². The van der Waals surface area contributed by atoms with Gasteiger partial charge in [0.1, 0.15) is 5.75 Å². The number of thiophene rings is 1. The van der Waals surface area contributed by atoms with Gasteiger partial charge in [0.15, 0.2) is 0 Å². The first kappa shape index (κ1) is 15.1. The fourth-order valence-electron chi connectivity index (χ4n) is 3.11. The lowest BCUT2D eigenvalue weighted by Gasteiger charge is -2.35. The van der Waals surface area contributed by atoms with Crippen molar-refractivity contribution >= 4 is 17.2 Å². The Morgan fingerprint density at radius 3 is 2.77 bits per heavy atom. The van der Waals surface area contributed by atoms with E-state index in [0.717, 1.165) is 37.1 Å². The van der Waals surface area contributed by atoms with Crippen molar-refractivity contribution in [3.63, 3.8) is 0 Å². The zero-order valence-corrected chi connectivity index (χ0v) is 13.4. The lowest BCUT2D eigenvalue weighted by molar-refractivity contribution is 0.0607. The van der Waals surface area contributed by atoms with Crippen molar-refractivity contribution in [3.8, 4) is 5.75 Å². The van der Waals surface area contributed by atoms with E-state index in [1.807, 2.05) is 29.6 Å². The maximum Gasteiger partial charge on any atom is 0.264 e. The minimum Gasteiger partial charge on any atom is -0.508 e. The van der Waals surface area contributed by atoms with E-state index < -0.39 is 0 Å². The summed E-state index contributed by atoms with van der Waals surface area (Å²) in [5.74, 6) is 0.487. The Kier molecular flexibility index (Phi) is 4.78. The molecule has 2 aromatic rings. The molecule has 1 aliphatic rings. The fourth-order valence-corrected chi connectivity index (χ4v) is 3.78. The van der Waals surface area contributed by atoms with Crippen molar-refractivity contribution in [2.24, 2.45) is 0 Å². The number of aromatic hydroxyl groups is 1. The van der Waals surface area contributed by atoms with Crippen LogP contribution in [0.5, 0.6) is 5.75 Å². The van der Waals surface area contributed by atoms with Gasteiger partial charge in [0.2, 0.25) is 0 Å². The van der Waals surface area contributed by atoms with Gasteiger partial charge in [0.25, 0.3) is 5.91 Å². The number of rotatable bonds is 4. The van der Waals surface area contributed by atoms with E-state index >= 15 is 0 Å². The number of likely N-dealkylation sites (tertiary alicyclic amines) is 1. The molecular formula is C18H21NO2S. The van der Waals surface area contributed by atoms with Crippen LogP contribution in [-0.2, 0) is 6.42 Å². The number of carbonyl (C=O) groups is 1. The lowest BCUT2D eigenvalue weighted by atomic mass is 9.95. The van der Waals surface area contributed by atoms with Crippen LogP contribution in [0.4, 0.5) is 0 Å². The second-order valence-corrected chi connectivity index (χ2v) is 6.78. The second kappa shape index (κ2) is 6.97. The third-order valence-electron chi connectivity index (χ3n) is 4.32. The smallest absolute Gasteiger partial charge is 0.264 e. The highest BCUT2D eigenvalue weighted by molar-refractivity contribution is 7.12. The molecule has 1 amide bonds. The summed E-state index contributed by atoms with van der Waals surface area (Å²) in [6.07, 6.45) is 5.33. The lowest BCUT2D eigenvalue weighted by Crippen LogP contribution is -2.43. The molecule has 1 fully saturated rings. The maximum atomic E-state index is 12.6. The summed E-state index contributed by atoms with van der Waals surface area (Å²) in [5.41, 5.74) is 1.21. The van der Waals surface area contributed by atoms with Crippen LogP contribution in [0.2, 0.25) is 0 Å². The maximum absolute atomic E-state index is 12.6. The molecule has 116 valence electrons. The van der Waals surface area contributed by atoms with Crippen LogP contribution in [-0.4, -0.2) is 28.5 Å². The number of benzene rings is 1. The summed E-state index contributed by atoms with van der Waals surface area (Å²) in [5, 5.41) is 11.3. The number of nitrogens with zero attached hydrogens (tertiary/aromatic N) is 1. The summed E-state index contributed by atoms with van der Waals surface area (Å²) < 4.78 is 0. The highest BCUT2D eigenvalue weighted by Gasteiger charge is 2.27. The molecule has 0 saturated carbocycles. The van der Waals surface area contributed by atoms with E-state index in [2.05, 4.69) is 4.90 Å². The number of phenols is 1.